The van der Waals surface area contributed by atoms with E-state index >= 15 is 0 Å². The SMILES string of the molecule is CCc1cccc(CN2CCCCC2)n1. The van der Waals surface area contributed by atoms with Crippen LogP contribution in [-0.4, -0.2) is 23.0 Å². The monoisotopic (exact) mass is 204 g/mol. The summed E-state index contributed by atoms with van der Waals surface area (Å²) < 4.78 is 0. The molecule has 15 heavy (non-hydrogen) atoms. The Morgan fingerprint density at radius 3 is 2.60 bits per heavy atom. The lowest BCUT2D eigenvalue weighted by atomic mass is 10.1. The van der Waals surface area contributed by atoms with Gasteiger partial charge in [0.25, 0.3) is 0 Å². The lowest BCUT2D eigenvalue weighted by Gasteiger charge is -2.26. The highest BCUT2D eigenvalue weighted by Crippen LogP contribution is 2.12. The first kappa shape index (κ1) is 10.6. The predicted molar refractivity (Wildman–Crippen MR) is 62.7 cm³/mol. The molecule has 0 atom stereocenters. The number of piperidine rings is 1. The second-order valence-electron chi connectivity index (χ2n) is 4.31. The van der Waals surface area contributed by atoms with E-state index in [2.05, 4.69) is 35.0 Å². The van der Waals surface area contributed by atoms with Crippen LogP contribution in [0.15, 0.2) is 18.2 Å². The molecular formula is C13H20N2. The molecule has 1 aromatic heterocycles. The van der Waals surface area contributed by atoms with Gasteiger partial charge in [-0.2, -0.15) is 0 Å². The van der Waals surface area contributed by atoms with Crippen molar-refractivity contribution in [2.45, 2.75) is 39.2 Å². The van der Waals surface area contributed by atoms with Crippen LogP contribution in [0.2, 0.25) is 0 Å². The van der Waals surface area contributed by atoms with Crippen molar-refractivity contribution in [3.63, 3.8) is 0 Å². The van der Waals surface area contributed by atoms with Crippen LogP contribution in [0.1, 0.15) is 37.6 Å². The molecule has 0 saturated carbocycles. The van der Waals surface area contributed by atoms with Crippen molar-refractivity contribution in [2.24, 2.45) is 0 Å². The van der Waals surface area contributed by atoms with Crippen molar-refractivity contribution in [3.8, 4) is 0 Å². The lowest BCUT2D eigenvalue weighted by Crippen LogP contribution is -2.29. The highest BCUT2D eigenvalue weighted by atomic mass is 15.1. The number of nitrogens with zero attached hydrogens (tertiary/aromatic N) is 2. The summed E-state index contributed by atoms with van der Waals surface area (Å²) in [6.45, 7) is 5.69. The van der Waals surface area contributed by atoms with Crippen molar-refractivity contribution in [1.82, 2.24) is 9.88 Å². The minimum atomic E-state index is 1.04. The van der Waals surface area contributed by atoms with Gasteiger partial charge in [0, 0.05) is 12.2 Å². The van der Waals surface area contributed by atoms with Crippen LogP contribution in [0.4, 0.5) is 0 Å². The predicted octanol–water partition coefficient (Wildman–Crippen LogP) is 2.63. The summed E-state index contributed by atoms with van der Waals surface area (Å²) in [4.78, 5) is 7.16. The fourth-order valence-corrected chi connectivity index (χ4v) is 2.16. The zero-order valence-electron chi connectivity index (χ0n) is 9.58. The molecule has 1 fully saturated rings. The molecule has 0 spiro atoms. The molecule has 82 valence electrons. The summed E-state index contributed by atoms with van der Waals surface area (Å²) in [5, 5.41) is 0. The van der Waals surface area contributed by atoms with E-state index in [0.717, 1.165) is 13.0 Å². The third-order valence-electron chi connectivity index (χ3n) is 3.06. The third-order valence-corrected chi connectivity index (χ3v) is 3.06. The summed E-state index contributed by atoms with van der Waals surface area (Å²) in [5.41, 5.74) is 2.45. The van der Waals surface area contributed by atoms with E-state index in [-0.39, 0.29) is 0 Å². The maximum Gasteiger partial charge on any atom is 0.0547 e. The molecule has 0 radical (unpaired) electrons. The molecule has 0 bridgehead atoms. The molecule has 0 aromatic carbocycles. The van der Waals surface area contributed by atoms with Gasteiger partial charge in [0.15, 0.2) is 0 Å². The van der Waals surface area contributed by atoms with Crippen molar-refractivity contribution in [1.29, 1.82) is 0 Å². The van der Waals surface area contributed by atoms with Crippen LogP contribution in [0.5, 0.6) is 0 Å². The van der Waals surface area contributed by atoms with Gasteiger partial charge >= 0.3 is 0 Å². The Balaban J connectivity index is 1.96. The molecule has 0 unspecified atom stereocenters. The first-order valence-corrected chi connectivity index (χ1v) is 6.05. The topological polar surface area (TPSA) is 16.1 Å². The first-order chi connectivity index (χ1) is 7.38. The van der Waals surface area contributed by atoms with Crippen LogP contribution in [-0.2, 0) is 13.0 Å². The van der Waals surface area contributed by atoms with Gasteiger partial charge in [0.2, 0.25) is 0 Å². The number of rotatable bonds is 3. The van der Waals surface area contributed by atoms with Gasteiger partial charge in [-0.25, -0.2) is 0 Å². The van der Waals surface area contributed by atoms with Gasteiger partial charge in [-0.05, 0) is 44.5 Å². The number of hydrogen-bond donors (Lipinski definition) is 0. The van der Waals surface area contributed by atoms with Gasteiger partial charge in [0.05, 0.1) is 5.69 Å². The summed E-state index contributed by atoms with van der Waals surface area (Å²) >= 11 is 0. The lowest BCUT2D eigenvalue weighted by molar-refractivity contribution is 0.218. The average molecular weight is 204 g/mol. The number of aryl methyl sites for hydroxylation is 1. The van der Waals surface area contributed by atoms with Gasteiger partial charge in [0.1, 0.15) is 0 Å². The molecule has 1 aromatic rings. The second-order valence-corrected chi connectivity index (χ2v) is 4.31. The fourth-order valence-electron chi connectivity index (χ4n) is 2.16. The number of likely N-dealkylation sites (tertiary alicyclic amines) is 1. The maximum atomic E-state index is 4.64. The summed E-state index contributed by atoms with van der Waals surface area (Å²) in [5.74, 6) is 0. The maximum absolute atomic E-state index is 4.64. The van der Waals surface area contributed by atoms with Crippen LogP contribution in [0, 0.1) is 0 Å². The molecule has 2 heteroatoms. The molecule has 2 heterocycles. The summed E-state index contributed by atoms with van der Waals surface area (Å²) in [6.07, 6.45) is 5.15. The van der Waals surface area contributed by atoms with E-state index in [1.807, 2.05) is 0 Å². The second kappa shape index (κ2) is 5.26. The quantitative estimate of drug-likeness (QED) is 0.752. The molecule has 2 nitrogen and oxygen atoms in total. The van der Waals surface area contributed by atoms with Gasteiger partial charge in [-0.15, -0.1) is 0 Å². The highest BCUT2D eigenvalue weighted by molar-refractivity contribution is 5.11. The van der Waals surface area contributed by atoms with Crippen molar-refractivity contribution in [2.75, 3.05) is 13.1 Å². The highest BCUT2D eigenvalue weighted by Gasteiger charge is 2.10. The van der Waals surface area contributed by atoms with Crippen LogP contribution < -0.4 is 0 Å². The molecular weight excluding hydrogens is 184 g/mol. The zero-order valence-corrected chi connectivity index (χ0v) is 9.58. The van der Waals surface area contributed by atoms with E-state index in [4.69, 9.17) is 0 Å². The number of aromatic nitrogens is 1. The van der Waals surface area contributed by atoms with E-state index in [9.17, 15) is 0 Å². The summed E-state index contributed by atoms with van der Waals surface area (Å²) in [6, 6.07) is 6.39. The largest absolute Gasteiger partial charge is 0.298 e. The minimum Gasteiger partial charge on any atom is -0.298 e. The Bertz CT molecular complexity index is 303. The first-order valence-electron chi connectivity index (χ1n) is 6.05. The van der Waals surface area contributed by atoms with E-state index in [0.29, 0.717) is 0 Å². The van der Waals surface area contributed by atoms with Crippen LogP contribution in [0.25, 0.3) is 0 Å². The molecule has 0 amide bonds. The Morgan fingerprint density at radius 1 is 1.13 bits per heavy atom. The zero-order chi connectivity index (χ0) is 10.5. The number of pyridine rings is 1. The Labute approximate surface area is 92.3 Å². The van der Waals surface area contributed by atoms with Crippen LogP contribution in [0.3, 0.4) is 0 Å². The Kier molecular flexibility index (Phi) is 3.73. The van der Waals surface area contributed by atoms with Gasteiger partial charge in [-0.3, -0.25) is 9.88 Å². The third kappa shape index (κ3) is 3.03. The van der Waals surface area contributed by atoms with E-state index < -0.39 is 0 Å². The smallest absolute Gasteiger partial charge is 0.0547 e. The van der Waals surface area contributed by atoms with Crippen LogP contribution >= 0.6 is 0 Å². The molecule has 2 rings (SSSR count). The van der Waals surface area contributed by atoms with Crippen molar-refractivity contribution in [3.05, 3.63) is 29.6 Å². The van der Waals surface area contributed by atoms with E-state index in [1.54, 1.807) is 0 Å². The standard InChI is InChI=1S/C13H20N2/c1-2-12-7-6-8-13(14-12)11-15-9-4-3-5-10-15/h6-8H,2-5,9-11H2,1H3. The Hall–Kier alpha value is -0.890. The molecule has 1 saturated heterocycles. The normalized spacial score (nSPS) is 17.9. The van der Waals surface area contributed by atoms with Gasteiger partial charge < -0.3 is 0 Å². The fraction of sp³-hybridized carbons (Fsp3) is 0.615. The molecule has 0 aliphatic carbocycles. The summed E-state index contributed by atoms with van der Waals surface area (Å²) in [7, 11) is 0. The van der Waals surface area contributed by atoms with Gasteiger partial charge in [-0.1, -0.05) is 19.4 Å². The Morgan fingerprint density at radius 2 is 1.87 bits per heavy atom. The average Bonchev–Trinajstić information content (AvgIpc) is 2.31. The minimum absolute atomic E-state index is 1.04. The van der Waals surface area contributed by atoms with E-state index in [1.165, 1.54) is 43.7 Å². The van der Waals surface area contributed by atoms with Crippen molar-refractivity contribution >= 4 is 0 Å². The molecule has 0 N–H and O–H groups in total. The van der Waals surface area contributed by atoms with Crippen molar-refractivity contribution < 1.29 is 0 Å². The molecule has 1 aliphatic heterocycles. The number of hydrogen-bond acceptors (Lipinski definition) is 2. The molecule has 1 aliphatic rings.